The van der Waals surface area contributed by atoms with Gasteiger partial charge < -0.3 is 15.2 Å². The number of hydrogen-bond donors (Lipinski definition) is 2. The molecule has 0 spiro atoms. The second-order valence-corrected chi connectivity index (χ2v) is 5.99. The summed E-state index contributed by atoms with van der Waals surface area (Å²) < 4.78 is 2.13. The zero-order chi connectivity index (χ0) is 13.2. The van der Waals surface area contributed by atoms with Crippen LogP contribution in [0.4, 0.5) is 0 Å². The fraction of sp³-hybridized carbons (Fsp3) is 0.643. The van der Waals surface area contributed by atoms with E-state index in [9.17, 15) is 4.79 Å². The number of nitrogens with one attached hydrogen (secondary N) is 2. The van der Waals surface area contributed by atoms with Gasteiger partial charge in [-0.1, -0.05) is 0 Å². The van der Waals surface area contributed by atoms with E-state index in [0.29, 0.717) is 6.04 Å². The zero-order valence-electron chi connectivity index (χ0n) is 11.5. The molecule has 0 aliphatic carbocycles. The molecule has 0 unspecified atom stereocenters. The Morgan fingerprint density at radius 2 is 2.06 bits per heavy atom. The highest BCUT2D eigenvalue weighted by molar-refractivity contribution is 5.93. The first-order valence-corrected chi connectivity index (χ1v) is 6.67. The first-order chi connectivity index (χ1) is 8.47. The minimum Gasteiger partial charge on any atom is -0.346 e. The van der Waals surface area contributed by atoms with Gasteiger partial charge in [0.2, 0.25) is 0 Å². The molecular formula is C14H23N3O. The van der Waals surface area contributed by atoms with Gasteiger partial charge in [-0.15, -0.1) is 0 Å². The highest BCUT2D eigenvalue weighted by atomic mass is 16.2. The van der Waals surface area contributed by atoms with Crippen LogP contribution in [0.3, 0.4) is 0 Å². The van der Waals surface area contributed by atoms with Crippen LogP contribution in [0.5, 0.6) is 0 Å². The molecule has 0 bridgehead atoms. The average molecular weight is 249 g/mol. The smallest absolute Gasteiger partial charge is 0.268 e. The third-order valence-electron chi connectivity index (χ3n) is 3.20. The Labute approximate surface area is 109 Å². The highest BCUT2D eigenvalue weighted by Crippen LogP contribution is 2.21. The van der Waals surface area contributed by atoms with Gasteiger partial charge in [-0.05, 0) is 58.8 Å². The van der Waals surface area contributed by atoms with Gasteiger partial charge in [0, 0.05) is 17.8 Å². The Hall–Kier alpha value is -1.29. The first kappa shape index (κ1) is 13.1. The van der Waals surface area contributed by atoms with Gasteiger partial charge in [0.05, 0.1) is 0 Å². The summed E-state index contributed by atoms with van der Waals surface area (Å²) in [7, 11) is 0. The van der Waals surface area contributed by atoms with Crippen molar-refractivity contribution in [2.24, 2.45) is 0 Å². The van der Waals surface area contributed by atoms with E-state index in [4.69, 9.17) is 0 Å². The predicted molar refractivity (Wildman–Crippen MR) is 72.8 cm³/mol. The van der Waals surface area contributed by atoms with E-state index in [1.165, 1.54) is 0 Å². The van der Waals surface area contributed by atoms with Crippen molar-refractivity contribution in [1.29, 1.82) is 0 Å². The van der Waals surface area contributed by atoms with Gasteiger partial charge in [-0.2, -0.15) is 0 Å². The molecule has 0 atom stereocenters. The molecule has 4 heteroatoms. The number of amides is 1. The van der Waals surface area contributed by atoms with Crippen LogP contribution in [0.2, 0.25) is 0 Å². The molecule has 1 aliphatic heterocycles. The lowest BCUT2D eigenvalue weighted by atomic mass is 10.1. The Balaban J connectivity index is 2.14. The number of rotatable bonds is 2. The van der Waals surface area contributed by atoms with E-state index in [2.05, 4.69) is 15.2 Å². The number of carbonyl (C=O) groups excluding carboxylic acids is 1. The maximum atomic E-state index is 12.2. The number of hydrogen-bond acceptors (Lipinski definition) is 2. The van der Waals surface area contributed by atoms with E-state index in [1.54, 1.807) is 0 Å². The van der Waals surface area contributed by atoms with Gasteiger partial charge in [-0.3, -0.25) is 4.79 Å². The molecule has 1 aliphatic rings. The molecule has 1 aromatic rings. The summed E-state index contributed by atoms with van der Waals surface area (Å²) in [6.45, 7) is 8.07. The normalized spacial score (nSPS) is 17.7. The molecule has 2 rings (SSSR count). The minimum atomic E-state index is -0.194. The Morgan fingerprint density at radius 1 is 1.39 bits per heavy atom. The van der Waals surface area contributed by atoms with Crippen molar-refractivity contribution in [2.75, 3.05) is 13.1 Å². The van der Waals surface area contributed by atoms with Crippen molar-refractivity contribution in [1.82, 2.24) is 15.2 Å². The van der Waals surface area contributed by atoms with Crippen molar-refractivity contribution >= 4 is 5.91 Å². The van der Waals surface area contributed by atoms with Crippen molar-refractivity contribution in [3.63, 3.8) is 0 Å². The van der Waals surface area contributed by atoms with Crippen LogP contribution in [0.15, 0.2) is 18.3 Å². The number of nitrogens with zero attached hydrogens (tertiary/aromatic N) is 1. The van der Waals surface area contributed by atoms with Crippen LogP contribution >= 0.6 is 0 Å². The number of aromatic nitrogens is 1. The molecule has 0 aromatic carbocycles. The molecule has 1 saturated heterocycles. The van der Waals surface area contributed by atoms with E-state index < -0.39 is 0 Å². The van der Waals surface area contributed by atoms with Gasteiger partial charge in [0.25, 0.3) is 5.91 Å². The van der Waals surface area contributed by atoms with Crippen LogP contribution in [0.25, 0.3) is 0 Å². The molecule has 2 heterocycles. The molecule has 0 saturated carbocycles. The Kier molecular flexibility index (Phi) is 3.76. The molecule has 1 fully saturated rings. The van der Waals surface area contributed by atoms with Crippen molar-refractivity contribution in [3.05, 3.63) is 24.0 Å². The molecule has 18 heavy (non-hydrogen) atoms. The van der Waals surface area contributed by atoms with Crippen LogP contribution in [-0.4, -0.2) is 29.1 Å². The summed E-state index contributed by atoms with van der Waals surface area (Å²) in [5.41, 5.74) is 0.581. The molecule has 100 valence electrons. The zero-order valence-corrected chi connectivity index (χ0v) is 11.5. The lowest BCUT2D eigenvalue weighted by molar-refractivity contribution is 0.0906. The summed E-state index contributed by atoms with van der Waals surface area (Å²) >= 11 is 0. The number of carbonyl (C=O) groups is 1. The van der Waals surface area contributed by atoms with Crippen molar-refractivity contribution < 1.29 is 4.79 Å². The summed E-state index contributed by atoms with van der Waals surface area (Å²) in [5, 5.41) is 6.38. The molecule has 2 N–H and O–H groups in total. The van der Waals surface area contributed by atoms with Crippen LogP contribution in [0, 0.1) is 0 Å². The lowest BCUT2D eigenvalue weighted by Crippen LogP contribution is -2.42. The molecular weight excluding hydrogens is 226 g/mol. The van der Waals surface area contributed by atoms with E-state index >= 15 is 0 Å². The quantitative estimate of drug-likeness (QED) is 0.841. The fourth-order valence-electron chi connectivity index (χ4n) is 2.39. The summed E-state index contributed by atoms with van der Waals surface area (Å²) in [4.78, 5) is 12.2. The maximum Gasteiger partial charge on any atom is 0.268 e. The van der Waals surface area contributed by atoms with Crippen LogP contribution in [0.1, 0.15) is 50.1 Å². The third kappa shape index (κ3) is 3.13. The topological polar surface area (TPSA) is 46.1 Å². The van der Waals surface area contributed by atoms with Crippen molar-refractivity contribution in [3.8, 4) is 0 Å². The number of piperidine rings is 1. The second kappa shape index (κ2) is 5.14. The first-order valence-electron chi connectivity index (χ1n) is 6.67. The minimum absolute atomic E-state index is 0.0195. The van der Waals surface area contributed by atoms with Gasteiger partial charge in [-0.25, -0.2) is 0 Å². The third-order valence-corrected chi connectivity index (χ3v) is 3.20. The van der Waals surface area contributed by atoms with Gasteiger partial charge in [0.15, 0.2) is 0 Å². The molecule has 4 nitrogen and oxygen atoms in total. The van der Waals surface area contributed by atoms with Gasteiger partial charge in [0.1, 0.15) is 5.69 Å². The van der Waals surface area contributed by atoms with Gasteiger partial charge >= 0.3 is 0 Å². The second-order valence-electron chi connectivity index (χ2n) is 5.99. The molecule has 1 amide bonds. The fourth-order valence-corrected chi connectivity index (χ4v) is 2.39. The summed E-state index contributed by atoms with van der Waals surface area (Å²) in [6.07, 6.45) is 4.20. The van der Waals surface area contributed by atoms with E-state index in [-0.39, 0.29) is 11.4 Å². The Bertz CT molecular complexity index is 411. The molecule has 0 radical (unpaired) electrons. The van der Waals surface area contributed by atoms with Crippen LogP contribution in [-0.2, 0) is 0 Å². The van der Waals surface area contributed by atoms with Crippen LogP contribution < -0.4 is 10.6 Å². The summed E-state index contributed by atoms with van der Waals surface area (Å²) in [6, 6.07) is 4.31. The standard InChI is InChI=1S/C14H23N3O/c1-14(2,3)16-13(18)12-5-4-10-17(12)11-6-8-15-9-7-11/h4-5,10-11,15H,6-9H2,1-3H3,(H,16,18). The SMILES string of the molecule is CC(C)(C)NC(=O)c1cccn1C1CCNCC1. The average Bonchev–Trinajstić information content (AvgIpc) is 2.76. The molecule has 1 aromatic heterocycles. The van der Waals surface area contributed by atoms with Crippen molar-refractivity contribution in [2.45, 2.75) is 45.2 Å². The largest absolute Gasteiger partial charge is 0.346 e. The lowest BCUT2D eigenvalue weighted by Gasteiger charge is -2.27. The highest BCUT2D eigenvalue weighted by Gasteiger charge is 2.22. The Morgan fingerprint density at radius 3 is 2.67 bits per heavy atom. The monoisotopic (exact) mass is 249 g/mol. The summed E-state index contributed by atoms with van der Waals surface area (Å²) in [5.74, 6) is 0.0195. The maximum absolute atomic E-state index is 12.2. The van der Waals surface area contributed by atoms with E-state index in [1.807, 2.05) is 39.1 Å². The predicted octanol–water partition coefficient (Wildman–Crippen LogP) is 1.94. The van der Waals surface area contributed by atoms with E-state index in [0.717, 1.165) is 31.6 Å².